The molecule has 2 amide bonds. The van der Waals surface area contributed by atoms with Crippen molar-refractivity contribution in [3.8, 4) is 11.5 Å². The third-order valence-corrected chi connectivity index (χ3v) is 4.09. The van der Waals surface area contributed by atoms with Gasteiger partial charge in [-0.1, -0.05) is 6.07 Å². The van der Waals surface area contributed by atoms with Crippen molar-refractivity contribution in [3.05, 3.63) is 54.1 Å². The number of hydrogen-bond acceptors (Lipinski definition) is 5. The quantitative estimate of drug-likeness (QED) is 0.729. The Morgan fingerprint density at radius 3 is 2.64 bits per heavy atom. The van der Waals surface area contributed by atoms with Crippen LogP contribution in [0.2, 0.25) is 0 Å². The predicted molar refractivity (Wildman–Crippen MR) is 103 cm³/mol. The molecule has 3 aromatic rings. The average molecular weight is 380 g/mol. The molecule has 0 saturated carbocycles. The topological polar surface area (TPSA) is 94.0 Å². The van der Waals surface area contributed by atoms with Gasteiger partial charge in [-0.15, -0.1) is 0 Å². The summed E-state index contributed by atoms with van der Waals surface area (Å²) in [4.78, 5) is 29.8. The van der Waals surface area contributed by atoms with E-state index in [1.165, 1.54) is 0 Å². The Labute approximate surface area is 161 Å². The summed E-state index contributed by atoms with van der Waals surface area (Å²) in [5, 5.41) is 5.67. The summed E-state index contributed by atoms with van der Waals surface area (Å²) in [7, 11) is 0. The summed E-state index contributed by atoms with van der Waals surface area (Å²) >= 11 is 0. The number of amides is 2. The molecule has 0 unspecified atom stereocenters. The summed E-state index contributed by atoms with van der Waals surface area (Å²) in [6.45, 7) is 5.81. The van der Waals surface area contributed by atoms with Crippen molar-refractivity contribution in [1.82, 2.24) is 14.7 Å². The molecule has 3 heterocycles. The number of pyridine rings is 1. The van der Waals surface area contributed by atoms with Crippen LogP contribution in [0.5, 0.6) is 11.5 Å². The lowest BCUT2D eigenvalue weighted by Crippen LogP contribution is -2.41. The molecule has 0 atom stereocenters. The molecule has 4 rings (SSSR count). The van der Waals surface area contributed by atoms with Crippen LogP contribution in [0.25, 0.3) is 5.52 Å². The number of imidazole rings is 1. The second-order valence-corrected chi connectivity index (χ2v) is 7.47. The third-order valence-electron chi connectivity index (χ3n) is 4.09. The van der Waals surface area contributed by atoms with Crippen molar-refractivity contribution < 1.29 is 19.1 Å². The van der Waals surface area contributed by atoms with E-state index in [2.05, 4.69) is 15.6 Å². The standard InChI is InChI=1S/C20H20N4O4/c1-20(2,3)23-19(26)17-22-16(13-6-4-5-9-24(13)17)18(25)21-12-7-8-14-15(10-12)28-11-27-14/h4-10H,11H2,1-3H3,(H,21,25)(H,23,26). The molecular weight excluding hydrogens is 360 g/mol. The number of rotatable bonds is 3. The number of benzene rings is 1. The predicted octanol–water partition coefficient (Wildman–Crippen LogP) is 2.84. The van der Waals surface area contributed by atoms with Crippen LogP contribution in [0.4, 0.5) is 5.69 Å². The van der Waals surface area contributed by atoms with Gasteiger partial charge in [-0.05, 0) is 45.0 Å². The van der Waals surface area contributed by atoms with Crippen LogP contribution < -0.4 is 20.1 Å². The average Bonchev–Trinajstić information content (AvgIpc) is 3.24. The molecular formula is C20H20N4O4. The minimum absolute atomic E-state index is 0.154. The molecule has 2 aromatic heterocycles. The molecule has 2 N–H and O–H groups in total. The Bertz CT molecular complexity index is 1080. The number of aromatic nitrogens is 2. The van der Waals surface area contributed by atoms with Gasteiger partial charge < -0.3 is 20.1 Å². The van der Waals surface area contributed by atoms with Crippen molar-refractivity contribution in [2.24, 2.45) is 0 Å². The highest BCUT2D eigenvalue weighted by Gasteiger charge is 2.24. The molecule has 1 aromatic carbocycles. The zero-order valence-electron chi connectivity index (χ0n) is 15.8. The first-order valence-electron chi connectivity index (χ1n) is 8.82. The molecule has 8 nitrogen and oxygen atoms in total. The Morgan fingerprint density at radius 2 is 1.86 bits per heavy atom. The molecule has 1 aliphatic rings. The third kappa shape index (κ3) is 3.36. The highest BCUT2D eigenvalue weighted by atomic mass is 16.7. The van der Waals surface area contributed by atoms with Gasteiger partial charge in [-0.25, -0.2) is 4.98 Å². The minimum Gasteiger partial charge on any atom is -0.454 e. The number of ether oxygens (including phenoxy) is 2. The van der Waals surface area contributed by atoms with E-state index in [9.17, 15) is 9.59 Å². The molecule has 8 heteroatoms. The van der Waals surface area contributed by atoms with E-state index in [4.69, 9.17) is 9.47 Å². The van der Waals surface area contributed by atoms with Gasteiger partial charge in [0.2, 0.25) is 12.6 Å². The van der Waals surface area contributed by atoms with Gasteiger partial charge in [0.1, 0.15) is 0 Å². The number of carbonyl (C=O) groups is 2. The fraction of sp³-hybridized carbons (Fsp3) is 0.250. The van der Waals surface area contributed by atoms with Crippen LogP contribution >= 0.6 is 0 Å². The van der Waals surface area contributed by atoms with Crippen LogP contribution in [0, 0.1) is 0 Å². The molecule has 1 aliphatic heterocycles. The van der Waals surface area contributed by atoms with E-state index in [0.717, 1.165) is 0 Å². The first kappa shape index (κ1) is 17.8. The van der Waals surface area contributed by atoms with Crippen LogP contribution in [0.1, 0.15) is 41.9 Å². The van der Waals surface area contributed by atoms with Crippen molar-refractivity contribution in [1.29, 1.82) is 0 Å². The molecule has 0 fully saturated rings. The fourth-order valence-corrected chi connectivity index (χ4v) is 2.93. The number of hydrogen-bond donors (Lipinski definition) is 2. The lowest BCUT2D eigenvalue weighted by Gasteiger charge is -2.19. The highest BCUT2D eigenvalue weighted by Crippen LogP contribution is 2.34. The summed E-state index contributed by atoms with van der Waals surface area (Å²) in [5.74, 6) is 0.582. The smallest absolute Gasteiger partial charge is 0.288 e. The van der Waals surface area contributed by atoms with Gasteiger partial charge in [0, 0.05) is 23.5 Å². The van der Waals surface area contributed by atoms with E-state index >= 15 is 0 Å². The Kier molecular flexibility index (Phi) is 4.18. The van der Waals surface area contributed by atoms with Crippen LogP contribution in [-0.2, 0) is 0 Å². The molecule has 0 aliphatic carbocycles. The molecule has 0 spiro atoms. The number of nitrogens with one attached hydrogen (secondary N) is 2. The maximum atomic E-state index is 12.9. The largest absolute Gasteiger partial charge is 0.454 e. The number of nitrogens with zero attached hydrogens (tertiary/aromatic N) is 2. The fourth-order valence-electron chi connectivity index (χ4n) is 2.93. The summed E-state index contributed by atoms with van der Waals surface area (Å²) in [5.41, 5.74) is 0.830. The number of carbonyl (C=O) groups excluding carboxylic acids is 2. The SMILES string of the molecule is CC(C)(C)NC(=O)c1nc(C(=O)Nc2ccc3c(c2)OCO3)c2ccccn12. The van der Waals surface area contributed by atoms with Crippen LogP contribution in [0.15, 0.2) is 42.6 Å². The van der Waals surface area contributed by atoms with E-state index < -0.39 is 11.4 Å². The van der Waals surface area contributed by atoms with E-state index in [1.807, 2.05) is 20.8 Å². The Hall–Kier alpha value is -3.55. The van der Waals surface area contributed by atoms with Crippen molar-refractivity contribution in [3.63, 3.8) is 0 Å². The zero-order valence-corrected chi connectivity index (χ0v) is 15.8. The monoisotopic (exact) mass is 380 g/mol. The lowest BCUT2D eigenvalue weighted by molar-refractivity contribution is 0.0908. The van der Waals surface area contributed by atoms with E-state index in [0.29, 0.717) is 22.7 Å². The highest BCUT2D eigenvalue weighted by molar-refractivity contribution is 6.09. The molecule has 28 heavy (non-hydrogen) atoms. The number of fused-ring (bicyclic) bond motifs is 2. The van der Waals surface area contributed by atoms with Gasteiger partial charge >= 0.3 is 0 Å². The summed E-state index contributed by atoms with van der Waals surface area (Å²) in [6.07, 6.45) is 1.71. The zero-order chi connectivity index (χ0) is 19.9. The van der Waals surface area contributed by atoms with E-state index in [-0.39, 0.29) is 24.2 Å². The van der Waals surface area contributed by atoms with E-state index in [1.54, 1.807) is 47.0 Å². The first-order valence-corrected chi connectivity index (χ1v) is 8.82. The first-order chi connectivity index (χ1) is 13.3. The van der Waals surface area contributed by atoms with Crippen LogP contribution in [-0.4, -0.2) is 33.5 Å². The molecule has 0 saturated heterocycles. The van der Waals surface area contributed by atoms with Crippen LogP contribution in [0.3, 0.4) is 0 Å². The Balaban J connectivity index is 1.66. The summed E-state index contributed by atoms with van der Waals surface area (Å²) < 4.78 is 12.2. The second-order valence-electron chi connectivity index (χ2n) is 7.47. The van der Waals surface area contributed by atoms with Gasteiger partial charge in [0.25, 0.3) is 11.8 Å². The van der Waals surface area contributed by atoms with Gasteiger partial charge in [-0.3, -0.25) is 14.0 Å². The minimum atomic E-state index is -0.424. The van der Waals surface area contributed by atoms with Crippen molar-refractivity contribution in [2.45, 2.75) is 26.3 Å². The molecule has 144 valence electrons. The Morgan fingerprint density at radius 1 is 1.07 bits per heavy atom. The molecule has 0 bridgehead atoms. The van der Waals surface area contributed by atoms with Crippen molar-refractivity contribution in [2.75, 3.05) is 12.1 Å². The second kappa shape index (κ2) is 6.56. The van der Waals surface area contributed by atoms with Gasteiger partial charge in [0.05, 0.1) is 5.52 Å². The summed E-state index contributed by atoms with van der Waals surface area (Å²) in [6, 6.07) is 10.4. The maximum absolute atomic E-state index is 12.9. The maximum Gasteiger partial charge on any atom is 0.288 e. The number of anilines is 1. The van der Waals surface area contributed by atoms with Gasteiger partial charge in [0.15, 0.2) is 17.2 Å². The molecule has 0 radical (unpaired) electrons. The van der Waals surface area contributed by atoms with Crippen molar-refractivity contribution >= 4 is 23.0 Å². The van der Waals surface area contributed by atoms with Gasteiger partial charge in [-0.2, -0.15) is 0 Å². The lowest BCUT2D eigenvalue weighted by atomic mass is 10.1. The normalized spacial score (nSPS) is 12.8.